The van der Waals surface area contributed by atoms with E-state index in [1.807, 2.05) is 25.1 Å². The Labute approximate surface area is 127 Å². The first-order valence-electron chi connectivity index (χ1n) is 6.49. The Balaban J connectivity index is 3.22. The molecule has 3 nitrogen and oxygen atoms in total. The largest absolute Gasteiger partial charge is 0.417 e. The fourth-order valence-electron chi connectivity index (χ4n) is 2.13. The predicted molar refractivity (Wildman–Crippen MR) is 83.3 cm³/mol. The van der Waals surface area contributed by atoms with Gasteiger partial charge in [0.05, 0.1) is 5.56 Å². The summed E-state index contributed by atoms with van der Waals surface area (Å²) in [6.45, 7) is 2.04. The van der Waals surface area contributed by atoms with Crippen LogP contribution in [0.4, 0.5) is 18.9 Å². The van der Waals surface area contributed by atoms with Crippen molar-refractivity contribution in [2.75, 3.05) is 24.0 Å². The summed E-state index contributed by atoms with van der Waals surface area (Å²) in [5, 5.41) is 7.38. The summed E-state index contributed by atoms with van der Waals surface area (Å²) in [7, 11) is 1.84. The van der Waals surface area contributed by atoms with Gasteiger partial charge in [-0.25, -0.2) is 0 Å². The second-order valence-corrected chi connectivity index (χ2v) is 5.68. The average Bonchev–Trinajstić information content (AvgIpc) is 2.42. The van der Waals surface area contributed by atoms with Gasteiger partial charge in [-0.1, -0.05) is 6.92 Å². The predicted octanol–water partition coefficient (Wildman–Crippen LogP) is 3.57. The summed E-state index contributed by atoms with van der Waals surface area (Å²) in [4.78, 5) is 1.93. The van der Waals surface area contributed by atoms with Crippen molar-refractivity contribution in [3.8, 4) is 0 Å². The first kappa shape index (κ1) is 17.7. The van der Waals surface area contributed by atoms with E-state index in [1.54, 1.807) is 11.8 Å². The third-order valence-electron chi connectivity index (χ3n) is 3.38. The quantitative estimate of drug-likeness (QED) is 0.622. The van der Waals surface area contributed by atoms with E-state index in [9.17, 15) is 13.2 Å². The highest BCUT2D eigenvalue weighted by atomic mass is 32.2. The van der Waals surface area contributed by atoms with Crippen molar-refractivity contribution < 1.29 is 13.2 Å². The van der Waals surface area contributed by atoms with Crippen LogP contribution in [0.1, 0.15) is 24.5 Å². The fraction of sp³-hybridized carbons (Fsp3) is 0.500. The van der Waals surface area contributed by atoms with Crippen LogP contribution in [0.2, 0.25) is 0 Å². The zero-order valence-corrected chi connectivity index (χ0v) is 13.1. The third kappa shape index (κ3) is 4.30. The van der Waals surface area contributed by atoms with Gasteiger partial charge in [-0.15, -0.1) is 0 Å². The summed E-state index contributed by atoms with van der Waals surface area (Å²) in [5.74, 6) is 0.305. The molecule has 0 fully saturated rings. The number of halogens is 3. The number of anilines is 1. The molecule has 1 unspecified atom stereocenters. The van der Waals surface area contributed by atoms with Crippen LogP contribution in [0.5, 0.6) is 0 Å². The molecule has 0 saturated heterocycles. The molecule has 0 amide bonds. The summed E-state index contributed by atoms with van der Waals surface area (Å²) in [5.41, 5.74) is 4.80. The zero-order valence-electron chi connectivity index (χ0n) is 12.3. The number of nitrogens with two attached hydrogens (primary N) is 1. The minimum absolute atomic E-state index is 0.219. The molecule has 0 aliphatic carbocycles. The summed E-state index contributed by atoms with van der Waals surface area (Å²) < 4.78 is 38.8. The van der Waals surface area contributed by atoms with Gasteiger partial charge in [0.2, 0.25) is 0 Å². The fourth-order valence-corrected chi connectivity index (χ4v) is 2.97. The molecule has 3 N–H and O–H groups in total. The summed E-state index contributed by atoms with van der Waals surface area (Å²) in [6, 6.07) is 3.98. The Hall–Kier alpha value is -1.37. The molecular weight excluding hydrogens is 299 g/mol. The van der Waals surface area contributed by atoms with E-state index < -0.39 is 17.6 Å². The van der Waals surface area contributed by atoms with Gasteiger partial charge in [-0.2, -0.15) is 24.9 Å². The molecule has 0 aliphatic heterocycles. The van der Waals surface area contributed by atoms with E-state index in [4.69, 9.17) is 11.1 Å². The smallest absolute Gasteiger partial charge is 0.384 e. The number of hydrogen-bond donors (Lipinski definition) is 2. The van der Waals surface area contributed by atoms with Gasteiger partial charge in [-0.3, -0.25) is 5.41 Å². The Morgan fingerprint density at radius 2 is 2.05 bits per heavy atom. The maximum absolute atomic E-state index is 12.9. The Morgan fingerprint density at radius 3 is 2.48 bits per heavy atom. The van der Waals surface area contributed by atoms with E-state index in [-0.39, 0.29) is 11.6 Å². The number of nitrogens with zero attached hydrogens (tertiary/aromatic N) is 1. The second-order valence-electron chi connectivity index (χ2n) is 4.77. The van der Waals surface area contributed by atoms with Gasteiger partial charge >= 0.3 is 6.18 Å². The number of alkyl halides is 3. The SMILES string of the molecule is CCC(CSC)N(C)c1ccc(C(F)(F)F)c(C(=N)N)c1. The molecule has 118 valence electrons. The van der Waals surface area contributed by atoms with Crippen molar-refractivity contribution in [3.05, 3.63) is 29.3 Å². The van der Waals surface area contributed by atoms with Crippen molar-refractivity contribution in [1.82, 2.24) is 0 Å². The molecule has 21 heavy (non-hydrogen) atoms. The lowest BCUT2D eigenvalue weighted by Crippen LogP contribution is -2.33. The number of benzene rings is 1. The molecule has 0 spiro atoms. The molecule has 7 heteroatoms. The molecule has 1 aromatic carbocycles. The van der Waals surface area contributed by atoms with Crippen LogP contribution >= 0.6 is 11.8 Å². The highest BCUT2D eigenvalue weighted by Gasteiger charge is 2.34. The molecule has 0 heterocycles. The van der Waals surface area contributed by atoms with Crippen LogP contribution in [-0.4, -0.2) is 30.9 Å². The Bertz CT molecular complexity index is 503. The van der Waals surface area contributed by atoms with E-state index in [0.717, 1.165) is 18.2 Å². The van der Waals surface area contributed by atoms with Gasteiger partial charge in [0.25, 0.3) is 0 Å². The summed E-state index contributed by atoms with van der Waals surface area (Å²) >= 11 is 1.69. The number of thioether (sulfide) groups is 1. The Morgan fingerprint density at radius 1 is 1.43 bits per heavy atom. The van der Waals surface area contributed by atoms with Crippen LogP contribution in [0.3, 0.4) is 0 Å². The van der Waals surface area contributed by atoms with Crippen LogP contribution in [-0.2, 0) is 6.18 Å². The molecule has 0 bridgehead atoms. The highest BCUT2D eigenvalue weighted by molar-refractivity contribution is 7.98. The molecule has 0 radical (unpaired) electrons. The lowest BCUT2D eigenvalue weighted by Gasteiger charge is -2.29. The molecule has 0 aliphatic rings. The van der Waals surface area contributed by atoms with Crippen molar-refractivity contribution in [3.63, 3.8) is 0 Å². The monoisotopic (exact) mass is 319 g/mol. The lowest BCUT2D eigenvalue weighted by atomic mass is 10.0. The standard InChI is InChI=1S/C14H20F3N3S/c1-4-9(8-21-3)20(2)10-5-6-12(14(15,16)17)11(7-10)13(18)19/h5-7,9H,4,8H2,1-3H3,(H3,18,19). The maximum atomic E-state index is 12.9. The minimum atomic E-state index is -4.51. The zero-order chi connectivity index (χ0) is 16.2. The van der Waals surface area contributed by atoms with Crippen LogP contribution in [0.15, 0.2) is 18.2 Å². The van der Waals surface area contributed by atoms with Crippen molar-refractivity contribution in [2.24, 2.45) is 5.73 Å². The average molecular weight is 319 g/mol. The van der Waals surface area contributed by atoms with E-state index in [1.165, 1.54) is 12.1 Å². The van der Waals surface area contributed by atoms with Gasteiger partial charge in [0.1, 0.15) is 5.84 Å². The van der Waals surface area contributed by atoms with Gasteiger partial charge in [-0.05, 0) is 30.9 Å². The molecule has 1 aromatic rings. The number of nitrogens with one attached hydrogen (secondary N) is 1. The van der Waals surface area contributed by atoms with Gasteiger partial charge in [0.15, 0.2) is 0 Å². The molecule has 1 rings (SSSR count). The number of amidine groups is 1. The van der Waals surface area contributed by atoms with Crippen LogP contribution < -0.4 is 10.6 Å². The topological polar surface area (TPSA) is 53.1 Å². The van der Waals surface area contributed by atoms with E-state index in [0.29, 0.717) is 5.69 Å². The Kier molecular flexibility index (Phi) is 5.95. The number of nitrogen functional groups attached to an aromatic ring is 1. The van der Waals surface area contributed by atoms with Gasteiger partial charge in [0, 0.05) is 30.1 Å². The molecular formula is C14H20F3N3S. The van der Waals surface area contributed by atoms with Crippen molar-refractivity contribution in [2.45, 2.75) is 25.6 Å². The molecule has 0 saturated carbocycles. The molecule has 0 aromatic heterocycles. The minimum Gasteiger partial charge on any atom is -0.384 e. The van der Waals surface area contributed by atoms with Crippen molar-refractivity contribution >= 4 is 23.3 Å². The van der Waals surface area contributed by atoms with E-state index >= 15 is 0 Å². The van der Waals surface area contributed by atoms with Gasteiger partial charge < -0.3 is 10.6 Å². The van der Waals surface area contributed by atoms with E-state index in [2.05, 4.69) is 0 Å². The lowest BCUT2D eigenvalue weighted by molar-refractivity contribution is -0.137. The number of hydrogen-bond acceptors (Lipinski definition) is 3. The number of rotatable bonds is 6. The second kappa shape index (κ2) is 7.06. The first-order valence-corrected chi connectivity index (χ1v) is 7.89. The first-order chi connectivity index (χ1) is 9.72. The van der Waals surface area contributed by atoms with Crippen LogP contribution in [0, 0.1) is 5.41 Å². The van der Waals surface area contributed by atoms with Crippen molar-refractivity contribution in [1.29, 1.82) is 5.41 Å². The maximum Gasteiger partial charge on any atom is 0.417 e. The normalized spacial score (nSPS) is 13.0. The molecule has 1 atom stereocenters. The highest BCUT2D eigenvalue weighted by Crippen LogP contribution is 2.34. The summed E-state index contributed by atoms with van der Waals surface area (Å²) in [6.07, 6.45) is -1.64. The third-order valence-corrected chi connectivity index (χ3v) is 4.10. The van der Waals surface area contributed by atoms with Crippen LogP contribution in [0.25, 0.3) is 0 Å².